The molecule has 0 radical (unpaired) electrons. The van der Waals surface area contributed by atoms with Crippen LogP contribution >= 0.6 is 0 Å². The van der Waals surface area contributed by atoms with E-state index in [1.807, 2.05) is 0 Å². The number of rotatable bonds is 5. The van der Waals surface area contributed by atoms with Crippen LogP contribution in [0, 0.1) is 10.1 Å². The van der Waals surface area contributed by atoms with Crippen LogP contribution in [0.15, 0.2) is 42.5 Å². The largest absolute Gasteiger partial charge is 0.383 e. The second-order valence-corrected chi connectivity index (χ2v) is 5.89. The third-order valence-electron chi connectivity index (χ3n) is 4.24. The van der Waals surface area contributed by atoms with Gasteiger partial charge in [0.15, 0.2) is 0 Å². The lowest BCUT2D eigenvalue weighted by atomic mass is 10.1. The highest BCUT2D eigenvalue weighted by Gasteiger charge is 2.21. The lowest BCUT2D eigenvalue weighted by Crippen LogP contribution is -2.23. The molecule has 2 amide bonds. The summed E-state index contributed by atoms with van der Waals surface area (Å²) < 4.78 is 0. The van der Waals surface area contributed by atoms with Crippen LogP contribution in [-0.2, 0) is 4.79 Å². The molecule has 134 valence electrons. The fraction of sp³-hybridized carbons (Fsp3) is 0.222. The molecule has 2 aromatic carbocycles. The fourth-order valence-electron chi connectivity index (χ4n) is 2.88. The van der Waals surface area contributed by atoms with E-state index in [2.05, 4.69) is 10.6 Å². The molecule has 0 bridgehead atoms. The summed E-state index contributed by atoms with van der Waals surface area (Å²) in [5, 5.41) is 16.5. The number of amides is 2. The van der Waals surface area contributed by atoms with Gasteiger partial charge in [0.2, 0.25) is 5.91 Å². The van der Waals surface area contributed by atoms with Crippen LogP contribution in [0.5, 0.6) is 0 Å². The first kappa shape index (κ1) is 17.4. The number of benzene rings is 2. The van der Waals surface area contributed by atoms with Gasteiger partial charge in [-0.2, -0.15) is 0 Å². The Kier molecular flexibility index (Phi) is 4.83. The molecule has 0 aliphatic carbocycles. The number of nitrogens with zero attached hydrogens (tertiary/aromatic N) is 2. The van der Waals surface area contributed by atoms with E-state index in [0.29, 0.717) is 24.3 Å². The standard InChI is InChI=1S/C18H18N4O4/c1-19-15-9-4-12(11-16(15)22(25)26)18(24)20-13-5-7-14(8-6-13)21-10-2-3-17(21)23/h4-9,11,19H,2-3,10H2,1H3,(H,20,24). The number of nitrogens with one attached hydrogen (secondary N) is 2. The number of hydrogen-bond donors (Lipinski definition) is 2. The first-order valence-electron chi connectivity index (χ1n) is 8.17. The number of hydrogen-bond acceptors (Lipinski definition) is 5. The molecule has 1 fully saturated rings. The maximum Gasteiger partial charge on any atom is 0.293 e. The highest BCUT2D eigenvalue weighted by Crippen LogP contribution is 2.26. The smallest absolute Gasteiger partial charge is 0.293 e. The molecule has 1 heterocycles. The molecule has 1 aliphatic rings. The molecule has 0 saturated carbocycles. The summed E-state index contributed by atoms with van der Waals surface area (Å²) in [6.45, 7) is 0.700. The molecule has 0 aromatic heterocycles. The van der Waals surface area contributed by atoms with Crippen LogP contribution in [0.1, 0.15) is 23.2 Å². The summed E-state index contributed by atoms with van der Waals surface area (Å²) in [6.07, 6.45) is 1.40. The Hall–Kier alpha value is -3.42. The fourth-order valence-corrected chi connectivity index (χ4v) is 2.88. The Balaban J connectivity index is 1.74. The van der Waals surface area contributed by atoms with Crippen molar-refractivity contribution < 1.29 is 14.5 Å². The quantitative estimate of drug-likeness (QED) is 0.634. The number of carbonyl (C=O) groups is 2. The van der Waals surface area contributed by atoms with E-state index in [0.717, 1.165) is 12.1 Å². The molecule has 8 nitrogen and oxygen atoms in total. The SMILES string of the molecule is CNc1ccc(C(=O)Nc2ccc(N3CCCC3=O)cc2)cc1[N+](=O)[O-]. The van der Waals surface area contributed by atoms with E-state index in [4.69, 9.17) is 0 Å². The first-order valence-corrected chi connectivity index (χ1v) is 8.17. The van der Waals surface area contributed by atoms with Crippen LogP contribution in [0.2, 0.25) is 0 Å². The second kappa shape index (κ2) is 7.22. The highest BCUT2D eigenvalue weighted by molar-refractivity contribution is 6.05. The van der Waals surface area contributed by atoms with Crippen molar-refractivity contribution in [2.75, 3.05) is 29.1 Å². The van der Waals surface area contributed by atoms with Crippen molar-refractivity contribution in [2.24, 2.45) is 0 Å². The zero-order valence-electron chi connectivity index (χ0n) is 14.2. The molecule has 2 aromatic rings. The van der Waals surface area contributed by atoms with E-state index in [1.165, 1.54) is 18.2 Å². The Bertz CT molecular complexity index is 864. The first-order chi connectivity index (χ1) is 12.5. The van der Waals surface area contributed by atoms with E-state index >= 15 is 0 Å². The molecule has 1 saturated heterocycles. The molecule has 2 N–H and O–H groups in total. The van der Waals surface area contributed by atoms with Gasteiger partial charge < -0.3 is 15.5 Å². The van der Waals surface area contributed by atoms with Gasteiger partial charge in [0.25, 0.3) is 11.6 Å². The average Bonchev–Trinajstić information content (AvgIpc) is 3.07. The number of anilines is 3. The van der Waals surface area contributed by atoms with Crippen molar-refractivity contribution >= 4 is 34.6 Å². The third-order valence-corrected chi connectivity index (χ3v) is 4.24. The van der Waals surface area contributed by atoms with Crippen molar-refractivity contribution in [3.05, 3.63) is 58.1 Å². The van der Waals surface area contributed by atoms with E-state index < -0.39 is 10.8 Å². The molecular weight excluding hydrogens is 336 g/mol. The average molecular weight is 354 g/mol. The summed E-state index contributed by atoms with van der Waals surface area (Å²) in [4.78, 5) is 36.4. The lowest BCUT2D eigenvalue weighted by Gasteiger charge is -2.16. The molecule has 0 atom stereocenters. The number of nitro groups is 1. The monoisotopic (exact) mass is 354 g/mol. The molecule has 3 rings (SSSR count). The minimum Gasteiger partial charge on any atom is -0.383 e. The third kappa shape index (κ3) is 3.49. The van der Waals surface area contributed by atoms with Gasteiger partial charge in [-0.3, -0.25) is 19.7 Å². The van der Waals surface area contributed by atoms with Crippen LogP contribution in [0.3, 0.4) is 0 Å². The number of nitro benzene ring substituents is 1. The minimum absolute atomic E-state index is 0.0960. The van der Waals surface area contributed by atoms with E-state index in [-0.39, 0.29) is 17.2 Å². The maximum absolute atomic E-state index is 12.4. The van der Waals surface area contributed by atoms with Gasteiger partial charge in [0.05, 0.1) is 4.92 Å². The van der Waals surface area contributed by atoms with E-state index in [9.17, 15) is 19.7 Å². The summed E-state index contributed by atoms with van der Waals surface area (Å²) in [5.74, 6) is -0.348. The molecule has 1 aliphatic heterocycles. The Labute approximate surface area is 150 Å². The predicted molar refractivity (Wildman–Crippen MR) is 98.6 cm³/mol. The topological polar surface area (TPSA) is 105 Å². The molecule has 8 heteroatoms. The van der Waals surface area contributed by atoms with E-state index in [1.54, 1.807) is 36.2 Å². The molecule has 0 unspecified atom stereocenters. The minimum atomic E-state index is -0.537. The van der Waals surface area contributed by atoms with Crippen LogP contribution in [-0.4, -0.2) is 30.3 Å². The van der Waals surface area contributed by atoms with Crippen LogP contribution in [0.25, 0.3) is 0 Å². The summed E-state index contributed by atoms with van der Waals surface area (Å²) in [7, 11) is 1.58. The van der Waals surface area contributed by atoms with Gasteiger partial charge in [-0.25, -0.2) is 0 Å². The number of carbonyl (C=O) groups excluding carboxylic acids is 2. The maximum atomic E-state index is 12.4. The second-order valence-electron chi connectivity index (χ2n) is 5.89. The highest BCUT2D eigenvalue weighted by atomic mass is 16.6. The van der Waals surface area contributed by atoms with Gasteiger partial charge in [-0.1, -0.05) is 0 Å². The zero-order chi connectivity index (χ0) is 18.7. The van der Waals surface area contributed by atoms with Crippen molar-refractivity contribution in [1.29, 1.82) is 0 Å². The van der Waals surface area contributed by atoms with Crippen LogP contribution in [0.4, 0.5) is 22.7 Å². The van der Waals surface area contributed by atoms with Gasteiger partial charge in [-0.15, -0.1) is 0 Å². The van der Waals surface area contributed by atoms with Crippen molar-refractivity contribution in [3.8, 4) is 0 Å². The summed E-state index contributed by atoms with van der Waals surface area (Å²) in [6, 6.07) is 11.2. The molecule has 26 heavy (non-hydrogen) atoms. The Morgan fingerprint density at radius 1 is 1.19 bits per heavy atom. The summed E-state index contributed by atoms with van der Waals surface area (Å²) in [5.41, 5.74) is 1.70. The van der Waals surface area contributed by atoms with Gasteiger partial charge in [0.1, 0.15) is 5.69 Å². The lowest BCUT2D eigenvalue weighted by molar-refractivity contribution is -0.384. The normalized spacial score (nSPS) is 13.6. The Morgan fingerprint density at radius 2 is 1.92 bits per heavy atom. The van der Waals surface area contributed by atoms with Crippen molar-refractivity contribution in [3.63, 3.8) is 0 Å². The van der Waals surface area contributed by atoms with Crippen LogP contribution < -0.4 is 15.5 Å². The summed E-state index contributed by atoms with van der Waals surface area (Å²) >= 11 is 0. The van der Waals surface area contributed by atoms with Gasteiger partial charge in [-0.05, 0) is 42.8 Å². The van der Waals surface area contributed by atoms with Crippen molar-refractivity contribution in [1.82, 2.24) is 0 Å². The molecular formula is C18H18N4O4. The van der Waals surface area contributed by atoms with Gasteiger partial charge in [0, 0.05) is 43.0 Å². The van der Waals surface area contributed by atoms with Gasteiger partial charge >= 0.3 is 0 Å². The Morgan fingerprint density at radius 3 is 2.50 bits per heavy atom. The molecule has 0 spiro atoms. The van der Waals surface area contributed by atoms with Crippen molar-refractivity contribution in [2.45, 2.75) is 12.8 Å². The predicted octanol–water partition coefficient (Wildman–Crippen LogP) is 3.02. The zero-order valence-corrected chi connectivity index (χ0v) is 14.2.